The van der Waals surface area contributed by atoms with Crippen LogP contribution in [0.1, 0.15) is 25.5 Å². The molecule has 6 nitrogen and oxygen atoms in total. The van der Waals surface area contributed by atoms with Crippen molar-refractivity contribution in [1.82, 2.24) is 20.4 Å². The number of nitrogens with zero attached hydrogens (tertiary/aromatic N) is 2. The fraction of sp³-hybridized carbons (Fsp3) is 0.455. The van der Waals surface area contributed by atoms with Crippen molar-refractivity contribution in [3.8, 4) is 0 Å². The van der Waals surface area contributed by atoms with Crippen molar-refractivity contribution in [3.63, 3.8) is 0 Å². The molecular formula is C22H30N4O2. The summed E-state index contributed by atoms with van der Waals surface area (Å²) in [5.41, 5.74) is 1.14. The molecule has 1 aliphatic rings. The van der Waals surface area contributed by atoms with Crippen LogP contribution in [-0.4, -0.2) is 67.4 Å². The van der Waals surface area contributed by atoms with E-state index >= 15 is 0 Å². The summed E-state index contributed by atoms with van der Waals surface area (Å²) in [6.45, 7) is 8.67. The molecule has 0 aromatic heterocycles. The first-order chi connectivity index (χ1) is 13.6. The molecule has 1 fully saturated rings. The first kappa shape index (κ1) is 20.3. The number of nitrogens with one attached hydrogen (secondary N) is 2. The van der Waals surface area contributed by atoms with Gasteiger partial charge in [-0.3, -0.25) is 19.4 Å². The molecule has 0 radical (unpaired) electrons. The largest absolute Gasteiger partial charge is 0.355 e. The van der Waals surface area contributed by atoms with E-state index in [1.54, 1.807) is 0 Å². The molecule has 6 heteroatoms. The lowest BCUT2D eigenvalue weighted by Crippen LogP contribution is -2.51. The highest BCUT2D eigenvalue weighted by Gasteiger charge is 2.21. The van der Waals surface area contributed by atoms with Crippen LogP contribution in [0.5, 0.6) is 0 Å². The van der Waals surface area contributed by atoms with Gasteiger partial charge in [-0.15, -0.1) is 0 Å². The van der Waals surface area contributed by atoms with Crippen LogP contribution in [0, 0.1) is 0 Å². The SMILES string of the molecule is CCNC(=O)CN1CCN(CC(=O)NC(C)c2cccc3ccccc23)CC1. The Labute approximate surface area is 166 Å². The van der Waals surface area contributed by atoms with Crippen molar-refractivity contribution in [3.05, 3.63) is 48.0 Å². The molecule has 28 heavy (non-hydrogen) atoms. The molecule has 2 N–H and O–H groups in total. The third-order valence-corrected chi connectivity index (χ3v) is 5.24. The zero-order valence-corrected chi connectivity index (χ0v) is 16.8. The number of fused-ring (bicyclic) bond motifs is 1. The Morgan fingerprint density at radius 3 is 2.21 bits per heavy atom. The van der Waals surface area contributed by atoms with Gasteiger partial charge in [-0.2, -0.15) is 0 Å². The Balaban J connectivity index is 1.49. The number of carbonyl (C=O) groups is 2. The quantitative estimate of drug-likeness (QED) is 0.766. The van der Waals surface area contributed by atoms with Crippen LogP contribution in [0.2, 0.25) is 0 Å². The molecule has 1 unspecified atom stereocenters. The fourth-order valence-electron chi connectivity index (χ4n) is 3.76. The predicted octanol–water partition coefficient (Wildman–Crippen LogP) is 1.77. The second-order valence-electron chi connectivity index (χ2n) is 7.36. The average Bonchev–Trinajstić information content (AvgIpc) is 2.69. The Morgan fingerprint density at radius 2 is 1.54 bits per heavy atom. The van der Waals surface area contributed by atoms with E-state index in [9.17, 15) is 9.59 Å². The van der Waals surface area contributed by atoms with E-state index < -0.39 is 0 Å². The molecule has 2 amide bonds. The predicted molar refractivity (Wildman–Crippen MR) is 112 cm³/mol. The standard InChI is InChI=1S/C22H30N4O2/c1-3-23-21(27)15-25-11-13-26(14-12-25)16-22(28)24-17(2)19-10-6-8-18-7-4-5-9-20(18)19/h4-10,17H,3,11-16H2,1-2H3,(H,23,27)(H,24,28). The molecule has 150 valence electrons. The molecule has 1 heterocycles. The molecule has 0 aliphatic carbocycles. The summed E-state index contributed by atoms with van der Waals surface area (Å²) in [4.78, 5) is 28.5. The Bertz CT molecular complexity index is 810. The smallest absolute Gasteiger partial charge is 0.234 e. The van der Waals surface area contributed by atoms with E-state index in [4.69, 9.17) is 0 Å². The average molecular weight is 383 g/mol. The van der Waals surface area contributed by atoms with Gasteiger partial charge in [-0.25, -0.2) is 0 Å². The number of benzene rings is 2. The van der Waals surface area contributed by atoms with Crippen LogP contribution in [0.4, 0.5) is 0 Å². The fourth-order valence-corrected chi connectivity index (χ4v) is 3.76. The number of amides is 2. The van der Waals surface area contributed by atoms with Gasteiger partial charge in [-0.1, -0.05) is 42.5 Å². The van der Waals surface area contributed by atoms with Gasteiger partial charge in [-0.05, 0) is 30.2 Å². The minimum Gasteiger partial charge on any atom is -0.355 e. The molecule has 0 bridgehead atoms. The second-order valence-corrected chi connectivity index (χ2v) is 7.36. The first-order valence-corrected chi connectivity index (χ1v) is 10.0. The lowest BCUT2D eigenvalue weighted by Gasteiger charge is -2.34. The van der Waals surface area contributed by atoms with Gasteiger partial charge >= 0.3 is 0 Å². The van der Waals surface area contributed by atoms with E-state index in [2.05, 4.69) is 44.7 Å². The van der Waals surface area contributed by atoms with Gasteiger partial charge in [0.25, 0.3) is 0 Å². The minimum atomic E-state index is -0.0439. The van der Waals surface area contributed by atoms with Gasteiger partial charge in [0, 0.05) is 32.7 Å². The summed E-state index contributed by atoms with van der Waals surface area (Å²) in [6.07, 6.45) is 0. The van der Waals surface area contributed by atoms with Crippen LogP contribution in [0.25, 0.3) is 10.8 Å². The molecule has 0 saturated carbocycles. The summed E-state index contributed by atoms with van der Waals surface area (Å²) >= 11 is 0. The van der Waals surface area contributed by atoms with E-state index in [1.165, 1.54) is 10.8 Å². The van der Waals surface area contributed by atoms with Gasteiger partial charge < -0.3 is 10.6 Å². The van der Waals surface area contributed by atoms with E-state index in [1.807, 2.05) is 32.0 Å². The van der Waals surface area contributed by atoms with Crippen molar-refractivity contribution in [2.45, 2.75) is 19.9 Å². The molecule has 1 atom stereocenters. The van der Waals surface area contributed by atoms with Crippen molar-refractivity contribution in [2.75, 3.05) is 45.8 Å². The molecule has 1 saturated heterocycles. The highest BCUT2D eigenvalue weighted by molar-refractivity contribution is 5.87. The summed E-state index contributed by atoms with van der Waals surface area (Å²) in [7, 11) is 0. The Kier molecular flexibility index (Phi) is 7.01. The van der Waals surface area contributed by atoms with E-state index in [-0.39, 0.29) is 17.9 Å². The topological polar surface area (TPSA) is 64.7 Å². The van der Waals surface area contributed by atoms with Crippen LogP contribution in [-0.2, 0) is 9.59 Å². The van der Waals surface area contributed by atoms with Crippen molar-refractivity contribution in [1.29, 1.82) is 0 Å². The summed E-state index contributed by atoms with van der Waals surface area (Å²) < 4.78 is 0. The van der Waals surface area contributed by atoms with Crippen molar-refractivity contribution in [2.24, 2.45) is 0 Å². The summed E-state index contributed by atoms with van der Waals surface area (Å²) in [5.74, 6) is 0.107. The van der Waals surface area contributed by atoms with Crippen LogP contribution in [0.3, 0.4) is 0 Å². The highest BCUT2D eigenvalue weighted by Crippen LogP contribution is 2.23. The van der Waals surface area contributed by atoms with Crippen LogP contribution >= 0.6 is 0 Å². The zero-order chi connectivity index (χ0) is 19.9. The Hall–Kier alpha value is -2.44. The van der Waals surface area contributed by atoms with E-state index in [0.29, 0.717) is 19.6 Å². The lowest BCUT2D eigenvalue weighted by atomic mass is 10.00. The molecular weight excluding hydrogens is 352 g/mol. The number of likely N-dealkylation sites (N-methyl/N-ethyl adjacent to an activating group) is 1. The highest BCUT2D eigenvalue weighted by atomic mass is 16.2. The number of carbonyl (C=O) groups excluding carboxylic acids is 2. The van der Waals surface area contributed by atoms with Gasteiger partial charge in [0.05, 0.1) is 19.1 Å². The Morgan fingerprint density at radius 1 is 0.929 bits per heavy atom. The molecule has 0 spiro atoms. The molecule has 1 aliphatic heterocycles. The third-order valence-electron chi connectivity index (χ3n) is 5.24. The molecule has 3 rings (SSSR count). The zero-order valence-electron chi connectivity index (χ0n) is 16.8. The lowest BCUT2D eigenvalue weighted by molar-refractivity contribution is -0.125. The monoisotopic (exact) mass is 382 g/mol. The summed E-state index contributed by atoms with van der Waals surface area (Å²) in [6, 6.07) is 14.4. The number of hydrogen-bond acceptors (Lipinski definition) is 4. The van der Waals surface area contributed by atoms with Gasteiger partial charge in [0.15, 0.2) is 0 Å². The van der Waals surface area contributed by atoms with Crippen molar-refractivity contribution >= 4 is 22.6 Å². The number of piperazine rings is 1. The normalized spacial score (nSPS) is 16.6. The number of rotatable bonds is 7. The first-order valence-electron chi connectivity index (χ1n) is 10.0. The van der Waals surface area contributed by atoms with E-state index in [0.717, 1.165) is 31.7 Å². The molecule has 2 aromatic carbocycles. The third kappa shape index (κ3) is 5.30. The second kappa shape index (κ2) is 9.66. The van der Waals surface area contributed by atoms with Gasteiger partial charge in [0.1, 0.15) is 0 Å². The van der Waals surface area contributed by atoms with Crippen LogP contribution < -0.4 is 10.6 Å². The van der Waals surface area contributed by atoms with Gasteiger partial charge in [0.2, 0.25) is 11.8 Å². The maximum absolute atomic E-state index is 12.5. The molecule has 2 aromatic rings. The minimum absolute atomic E-state index is 0.0395. The maximum atomic E-state index is 12.5. The maximum Gasteiger partial charge on any atom is 0.234 e. The van der Waals surface area contributed by atoms with Crippen LogP contribution in [0.15, 0.2) is 42.5 Å². The number of hydrogen-bond donors (Lipinski definition) is 2. The van der Waals surface area contributed by atoms with Crippen molar-refractivity contribution < 1.29 is 9.59 Å². The summed E-state index contributed by atoms with van der Waals surface area (Å²) in [5, 5.41) is 8.33.